The maximum atomic E-state index is 12.4. The minimum atomic E-state index is -0.663. The van der Waals surface area contributed by atoms with E-state index in [9.17, 15) is 14.9 Å². The van der Waals surface area contributed by atoms with Crippen LogP contribution in [0.5, 0.6) is 0 Å². The topological polar surface area (TPSA) is 110 Å². The number of para-hydroxylation sites is 1. The number of rotatable bonds is 4. The van der Waals surface area contributed by atoms with Gasteiger partial charge < -0.3 is 9.73 Å². The molecule has 1 amide bonds. The minimum Gasteiger partial charge on any atom is -0.436 e. The number of carbonyl (C=O) groups is 1. The maximum Gasteiger partial charge on any atom is 0.282 e. The van der Waals surface area contributed by atoms with E-state index in [1.165, 1.54) is 18.2 Å². The van der Waals surface area contributed by atoms with Crippen molar-refractivity contribution in [1.82, 2.24) is 10.3 Å². The number of aromatic nitrogens is 1. The van der Waals surface area contributed by atoms with Crippen LogP contribution < -0.4 is 10.6 Å². The fourth-order valence-corrected chi connectivity index (χ4v) is 3.37. The molecule has 9 heteroatoms. The van der Waals surface area contributed by atoms with Gasteiger partial charge in [-0.3, -0.25) is 20.2 Å². The van der Waals surface area contributed by atoms with Gasteiger partial charge in [-0.2, -0.15) is 0 Å². The van der Waals surface area contributed by atoms with Crippen LogP contribution in [0.3, 0.4) is 0 Å². The van der Waals surface area contributed by atoms with Gasteiger partial charge in [-0.05, 0) is 79.7 Å². The van der Waals surface area contributed by atoms with Crippen molar-refractivity contribution in [3.8, 4) is 11.5 Å². The Kier molecular flexibility index (Phi) is 5.65. The summed E-state index contributed by atoms with van der Waals surface area (Å²) >= 11 is 5.17. The van der Waals surface area contributed by atoms with Gasteiger partial charge in [0, 0.05) is 17.3 Å². The molecule has 32 heavy (non-hydrogen) atoms. The average molecular weight is 446 g/mol. The summed E-state index contributed by atoms with van der Waals surface area (Å²) in [7, 11) is 0. The standard InChI is InChI=1S/C23H18N4O4S/c1-13-11-18-20(12-14(13)2)31-22(25-18)15-7-9-16(10-8-15)24-23(32)26-21(28)17-5-3-4-6-19(17)27(29)30/h3-12H,1-2H3,(H2,24,26,28,32). The summed E-state index contributed by atoms with van der Waals surface area (Å²) in [5.74, 6) is -0.160. The molecule has 160 valence electrons. The van der Waals surface area contributed by atoms with E-state index in [0.717, 1.165) is 27.8 Å². The van der Waals surface area contributed by atoms with Gasteiger partial charge in [0.05, 0.1) is 4.92 Å². The Bertz CT molecular complexity index is 1320. The van der Waals surface area contributed by atoms with E-state index in [-0.39, 0.29) is 16.4 Å². The molecule has 0 aliphatic carbocycles. The van der Waals surface area contributed by atoms with Gasteiger partial charge in [-0.25, -0.2) is 4.98 Å². The monoisotopic (exact) mass is 446 g/mol. The predicted octanol–water partition coefficient (Wildman–Crippen LogP) is 5.15. The van der Waals surface area contributed by atoms with Crippen molar-refractivity contribution in [3.05, 3.63) is 87.5 Å². The van der Waals surface area contributed by atoms with Crippen LogP contribution in [0.1, 0.15) is 21.5 Å². The lowest BCUT2D eigenvalue weighted by atomic mass is 10.1. The number of oxazole rings is 1. The summed E-state index contributed by atoms with van der Waals surface area (Å²) < 4.78 is 5.87. The number of nitrogens with zero attached hydrogens (tertiary/aromatic N) is 2. The molecule has 4 rings (SSSR count). The lowest BCUT2D eigenvalue weighted by Gasteiger charge is -2.10. The Hall–Kier alpha value is -4.11. The highest BCUT2D eigenvalue weighted by molar-refractivity contribution is 7.80. The molecule has 4 aromatic rings. The molecule has 0 unspecified atom stereocenters. The van der Waals surface area contributed by atoms with E-state index < -0.39 is 10.8 Å². The van der Waals surface area contributed by atoms with E-state index in [1.807, 2.05) is 38.1 Å². The summed E-state index contributed by atoms with van der Waals surface area (Å²) in [6.07, 6.45) is 0. The number of anilines is 1. The molecule has 0 aliphatic rings. The number of carbonyl (C=O) groups excluding carboxylic acids is 1. The number of hydrogen-bond acceptors (Lipinski definition) is 6. The number of nitro benzene ring substituents is 1. The van der Waals surface area contributed by atoms with Crippen molar-refractivity contribution in [3.63, 3.8) is 0 Å². The summed E-state index contributed by atoms with van der Waals surface area (Å²) in [6, 6.07) is 16.8. The Morgan fingerprint density at radius 1 is 1.06 bits per heavy atom. The smallest absolute Gasteiger partial charge is 0.282 e. The predicted molar refractivity (Wildman–Crippen MR) is 126 cm³/mol. The van der Waals surface area contributed by atoms with Crippen molar-refractivity contribution in [1.29, 1.82) is 0 Å². The van der Waals surface area contributed by atoms with E-state index in [1.54, 1.807) is 18.2 Å². The normalized spacial score (nSPS) is 10.7. The number of benzene rings is 3. The van der Waals surface area contributed by atoms with Gasteiger partial charge >= 0.3 is 0 Å². The zero-order valence-corrected chi connectivity index (χ0v) is 18.0. The molecule has 1 aromatic heterocycles. The second-order valence-electron chi connectivity index (χ2n) is 7.18. The zero-order chi connectivity index (χ0) is 22.8. The van der Waals surface area contributed by atoms with Crippen molar-refractivity contribution in [2.24, 2.45) is 0 Å². The van der Waals surface area contributed by atoms with Gasteiger partial charge in [0.2, 0.25) is 5.89 Å². The van der Waals surface area contributed by atoms with Gasteiger partial charge in [0.1, 0.15) is 11.1 Å². The molecule has 1 heterocycles. The second kappa shape index (κ2) is 8.56. The molecule has 0 fully saturated rings. The number of nitro groups is 1. The molecule has 3 aromatic carbocycles. The molecule has 0 saturated carbocycles. The zero-order valence-electron chi connectivity index (χ0n) is 17.2. The van der Waals surface area contributed by atoms with Gasteiger partial charge in [-0.15, -0.1) is 0 Å². The number of thiocarbonyl (C=S) groups is 1. The van der Waals surface area contributed by atoms with Gasteiger partial charge in [-0.1, -0.05) is 12.1 Å². The molecule has 0 radical (unpaired) electrons. The molecule has 0 bridgehead atoms. The van der Waals surface area contributed by atoms with Crippen LogP contribution in [-0.2, 0) is 0 Å². The first-order chi connectivity index (χ1) is 15.3. The van der Waals surface area contributed by atoms with Crippen LogP contribution in [0, 0.1) is 24.0 Å². The van der Waals surface area contributed by atoms with E-state index in [2.05, 4.69) is 15.6 Å². The number of fused-ring (bicyclic) bond motifs is 1. The summed E-state index contributed by atoms with van der Waals surface area (Å²) in [4.78, 5) is 27.4. The molecule has 0 aliphatic heterocycles. The summed E-state index contributed by atoms with van der Waals surface area (Å²) in [5, 5.41) is 16.5. The maximum absolute atomic E-state index is 12.4. The fourth-order valence-electron chi connectivity index (χ4n) is 3.16. The molecule has 0 atom stereocenters. The average Bonchev–Trinajstić information content (AvgIpc) is 3.17. The molecule has 0 spiro atoms. The van der Waals surface area contributed by atoms with Crippen molar-refractivity contribution < 1.29 is 14.1 Å². The van der Waals surface area contributed by atoms with Crippen LogP contribution in [0.2, 0.25) is 0 Å². The lowest BCUT2D eigenvalue weighted by molar-refractivity contribution is -0.385. The van der Waals surface area contributed by atoms with Crippen LogP contribution in [0.25, 0.3) is 22.6 Å². The number of aryl methyl sites for hydroxylation is 2. The largest absolute Gasteiger partial charge is 0.436 e. The highest BCUT2D eigenvalue weighted by Crippen LogP contribution is 2.27. The fraction of sp³-hybridized carbons (Fsp3) is 0.0870. The van der Waals surface area contributed by atoms with Crippen molar-refractivity contribution in [2.75, 3.05) is 5.32 Å². The molecule has 0 saturated heterocycles. The highest BCUT2D eigenvalue weighted by Gasteiger charge is 2.20. The third-order valence-corrected chi connectivity index (χ3v) is 5.17. The third-order valence-electron chi connectivity index (χ3n) is 4.97. The Morgan fingerprint density at radius 2 is 1.75 bits per heavy atom. The SMILES string of the molecule is Cc1cc2nc(-c3ccc(NC(=S)NC(=O)c4ccccc4[N+](=O)[O-])cc3)oc2cc1C. The van der Waals surface area contributed by atoms with Crippen molar-refractivity contribution in [2.45, 2.75) is 13.8 Å². The second-order valence-corrected chi connectivity index (χ2v) is 7.59. The molecular weight excluding hydrogens is 428 g/mol. The Labute approximate surface area is 188 Å². The van der Waals surface area contributed by atoms with Gasteiger partial charge in [0.15, 0.2) is 10.7 Å². The molecule has 8 nitrogen and oxygen atoms in total. The lowest BCUT2D eigenvalue weighted by Crippen LogP contribution is -2.34. The first-order valence-corrected chi connectivity index (χ1v) is 10.1. The number of amides is 1. The summed E-state index contributed by atoms with van der Waals surface area (Å²) in [6.45, 7) is 4.05. The van der Waals surface area contributed by atoms with E-state index >= 15 is 0 Å². The number of nitrogens with one attached hydrogen (secondary N) is 2. The third kappa shape index (κ3) is 4.33. The number of hydrogen-bond donors (Lipinski definition) is 2. The van der Waals surface area contributed by atoms with Crippen LogP contribution >= 0.6 is 12.2 Å². The molecule has 2 N–H and O–H groups in total. The molecular formula is C23H18N4O4S. The first kappa shape index (κ1) is 21.1. The highest BCUT2D eigenvalue weighted by atomic mass is 32.1. The van der Waals surface area contributed by atoms with E-state index in [4.69, 9.17) is 16.6 Å². The van der Waals surface area contributed by atoms with Crippen LogP contribution in [0.4, 0.5) is 11.4 Å². The van der Waals surface area contributed by atoms with Crippen molar-refractivity contribution >= 4 is 45.7 Å². The first-order valence-electron chi connectivity index (χ1n) is 9.66. The quantitative estimate of drug-likeness (QED) is 0.253. The van der Waals surface area contributed by atoms with E-state index in [0.29, 0.717) is 11.6 Å². The Balaban J connectivity index is 1.45. The van der Waals surface area contributed by atoms with Gasteiger partial charge in [0.25, 0.3) is 11.6 Å². The minimum absolute atomic E-state index is 0.0220. The Morgan fingerprint density at radius 3 is 2.47 bits per heavy atom. The van der Waals surface area contributed by atoms with Crippen LogP contribution in [-0.4, -0.2) is 20.9 Å². The van der Waals surface area contributed by atoms with Crippen LogP contribution in [0.15, 0.2) is 65.1 Å². The summed E-state index contributed by atoms with van der Waals surface area (Å²) in [5.41, 5.74) is 4.86.